The maximum Gasteiger partial charge on any atom is 0.166 e. The van der Waals surface area contributed by atoms with Gasteiger partial charge in [-0.2, -0.15) is 0 Å². The number of fused-ring (bicyclic) bond motifs is 3. The van der Waals surface area contributed by atoms with Gasteiger partial charge in [0, 0.05) is 46.8 Å². The summed E-state index contributed by atoms with van der Waals surface area (Å²) in [6.45, 7) is 2.53. The Labute approximate surface area is 191 Å². The normalized spacial score (nSPS) is 12.7. The van der Waals surface area contributed by atoms with E-state index in [1.54, 1.807) is 0 Å². The first kappa shape index (κ1) is 19.5. The minimum absolute atomic E-state index is 0.576. The van der Waals surface area contributed by atoms with Crippen molar-refractivity contribution in [2.24, 2.45) is 0 Å². The number of benzene rings is 3. The Morgan fingerprint density at radius 1 is 0.758 bits per heavy atom. The molecule has 0 saturated heterocycles. The fourth-order valence-corrected chi connectivity index (χ4v) is 4.36. The van der Waals surface area contributed by atoms with Crippen molar-refractivity contribution in [3.63, 3.8) is 0 Å². The molecule has 6 heteroatoms. The summed E-state index contributed by atoms with van der Waals surface area (Å²) in [6.07, 6.45) is 1.98. The van der Waals surface area contributed by atoms with Crippen molar-refractivity contribution in [3.8, 4) is 11.5 Å². The molecule has 5 aromatic rings. The largest absolute Gasteiger partial charge is 0.486 e. The molecule has 6 nitrogen and oxygen atoms in total. The minimum Gasteiger partial charge on any atom is -0.486 e. The lowest BCUT2D eigenvalue weighted by molar-refractivity contribution is 0.170. The van der Waals surface area contributed by atoms with Crippen LogP contribution in [0, 0.1) is 0 Å². The SMILES string of the molecule is c1cc(CNc2ccc3c(NCc4cccc5[nH]ccc45)cccc3n2)c2c(c1)OCCO2. The number of hydrogen-bond donors (Lipinski definition) is 3. The quantitative estimate of drug-likeness (QED) is 0.318. The zero-order valence-corrected chi connectivity index (χ0v) is 18.1. The minimum atomic E-state index is 0.576. The third-order valence-corrected chi connectivity index (χ3v) is 5.99. The van der Waals surface area contributed by atoms with Crippen molar-refractivity contribution < 1.29 is 9.47 Å². The summed E-state index contributed by atoms with van der Waals surface area (Å²) in [5.41, 5.74) is 5.49. The first-order chi connectivity index (χ1) is 16.3. The summed E-state index contributed by atoms with van der Waals surface area (Å²) in [6, 6.07) is 24.8. The van der Waals surface area contributed by atoms with Crippen molar-refractivity contribution >= 4 is 33.3 Å². The summed E-state index contributed by atoms with van der Waals surface area (Å²) in [4.78, 5) is 8.11. The van der Waals surface area contributed by atoms with Gasteiger partial charge in [0.25, 0.3) is 0 Å². The highest BCUT2D eigenvalue weighted by atomic mass is 16.6. The zero-order chi connectivity index (χ0) is 22.0. The molecule has 0 aliphatic carbocycles. The Morgan fingerprint density at radius 3 is 2.61 bits per heavy atom. The molecule has 1 aliphatic heterocycles. The molecule has 0 unspecified atom stereocenters. The van der Waals surface area contributed by atoms with Crippen LogP contribution in [0.3, 0.4) is 0 Å². The molecule has 164 valence electrons. The van der Waals surface area contributed by atoms with Gasteiger partial charge in [0.1, 0.15) is 19.0 Å². The molecule has 3 aromatic carbocycles. The summed E-state index contributed by atoms with van der Waals surface area (Å²) < 4.78 is 11.5. The number of ether oxygens (including phenoxy) is 2. The number of pyridine rings is 1. The molecule has 0 atom stereocenters. The van der Waals surface area contributed by atoms with Crippen LogP contribution in [0.1, 0.15) is 11.1 Å². The predicted molar refractivity (Wildman–Crippen MR) is 132 cm³/mol. The molecule has 2 aromatic heterocycles. The maximum absolute atomic E-state index is 5.82. The Morgan fingerprint density at radius 2 is 1.61 bits per heavy atom. The van der Waals surface area contributed by atoms with E-state index in [-0.39, 0.29) is 0 Å². The van der Waals surface area contributed by atoms with E-state index >= 15 is 0 Å². The average Bonchev–Trinajstić information content (AvgIpc) is 3.35. The maximum atomic E-state index is 5.82. The van der Waals surface area contributed by atoms with Gasteiger partial charge in [0.15, 0.2) is 11.5 Å². The van der Waals surface area contributed by atoms with Gasteiger partial charge in [-0.15, -0.1) is 0 Å². The van der Waals surface area contributed by atoms with E-state index in [2.05, 4.69) is 58.1 Å². The molecular weight excluding hydrogens is 412 g/mol. The van der Waals surface area contributed by atoms with Crippen LogP contribution in [0.4, 0.5) is 11.5 Å². The van der Waals surface area contributed by atoms with Crippen molar-refractivity contribution in [2.45, 2.75) is 13.1 Å². The van der Waals surface area contributed by atoms with E-state index in [9.17, 15) is 0 Å². The van der Waals surface area contributed by atoms with Crippen LogP contribution in [0.2, 0.25) is 0 Å². The Bertz CT molecular complexity index is 1440. The smallest absolute Gasteiger partial charge is 0.166 e. The second kappa shape index (κ2) is 8.39. The monoisotopic (exact) mass is 436 g/mol. The van der Waals surface area contributed by atoms with E-state index in [1.807, 2.05) is 36.5 Å². The Balaban J connectivity index is 1.20. The van der Waals surface area contributed by atoms with Gasteiger partial charge in [-0.05, 0) is 48.0 Å². The van der Waals surface area contributed by atoms with Crippen molar-refractivity contribution in [1.29, 1.82) is 0 Å². The lowest BCUT2D eigenvalue weighted by Gasteiger charge is -2.21. The molecule has 33 heavy (non-hydrogen) atoms. The predicted octanol–water partition coefficient (Wildman–Crippen LogP) is 5.71. The van der Waals surface area contributed by atoms with Crippen LogP contribution in [0.25, 0.3) is 21.8 Å². The highest BCUT2D eigenvalue weighted by Gasteiger charge is 2.15. The molecule has 0 bridgehead atoms. The average molecular weight is 437 g/mol. The summed E-state index contributed by atoms with van der Waals surface area (Å²) in [7, 11) is 0. The molecule has 1 aliphatic rings. The van der Waals surface area contributed by atoms with Crippen molar-refractivity contribution in [2.75, 3.05) is 23.8 Å². The number of H-pyrrole nitrogens is 1. The highest BCUT2D eigenvalue weighted by Crippen LogP contribution is 2.34. The van der Waals surface area contributed by atoms with Crippen LogP contribution < -0.4 is 20.1 Å². The fourth-order valence-electron chi connectivity index (χ4n) is 4.36. The van der Waals surface area contributed by atoms with E-state index in [0.29, 0.717) is 19.8 Å². The zero-order valence-electron chi connectivity index (χ0n) is 18.1. The molecular formula is C27H24N4O2. The van der Waals surface area contributed by atoms with Crippen LogP contribution in [-0.2, 0) is 13.1 Å². The second-order valence-electron chi connectivity index (χ2n) is 8.07. The lowest BCUT2D eigenvalue weighted by Crippen LogP contribution is -2.17. The number of aromatic nitrogens is 2. The van der Waals surface area contributed by atoms with E-state index in [4.69, 9.17) is 14.5 Å². The van der Waals surface area contributed by atoms with Gasteiger partial charge in [-0.1, -0.05) is 30.3 Å². The van der Waals surface area contributed by atoms with Crippen LogP contribution >= 0.6 is 0 Å². The summed E-state index contributed by atoms with van der Waals surface area (Å²) in [5, 5.41) is 9.36. The molecule has 0 amide bonds. The number of nitrogens with zero attached hydrogens (tertiary/aromatic N) is 1. The summed E-state index contributed by atoms with van der Waals surface area (Å²) >= 11 is 0. The van der Waals surface area contributed by atoms with Crippen molar-refractivity contribution in [1.82, 2.24) is 9.97 Å². The van der Waals surface area contributed by atoms with Gasteiger partial charge in [-0.3, -0.25) is 0 Å². The topological polar surface area (TPSA) is 71.2 Å². The second-order valence-corrected chi connectivity index (χ2v) is 8.07. The first-order valence-corrected chi connectivity index (χ1v) is 11.2. The lowest BCUT2D eigenvalue weighted by atomic mass is 10.1. The van der Waals surface area contributed by atoms with Gasteiger partial charge < -0.3 is 25.1 Å². The first-order valence-electron chi connectivity index (χ1n) is 11.2. The van der Waals surface area contributed by atoms with Crippen LogP contribution in [0.5, 0.6) is 11.5 Å². The standard InChI is InChI=1S/C27H24N4O2/c1-4-18(20-12-13-28-22(20)6-1)16-29-23-7-3-8-24-21(23)10-11-26(31-24)30-17-19-5-2-9-25-27(19)33-15-14-32-25/h1-13,28-29H,14-17H2,(H,30,31). The van der Waals surface area contributed by atoms with Crippen LogP contribution in [-0.4, -0.2) is 23.2 Å². The number of para-hydroxylation sites is 1. The number of hydrogen-bond acceptors (Lipinski definition) is 5. The number of nitrogens with one attached hydrogen (secondary N) is 3. The fraction of sp³-hybridized carbons (Fsp3) is 0.148. The van der Waals surface area contributed by atoms with Gasteiger partial charge in [0.05, 0.1) is 5.52 Å². The molecule has 3 N–H and O–H groups in total. The van der Waals surface area contributed by atoms with Gasteiger partial charge in [-0.25, -0.2) is 4.98 Å². The van der Waals surface area contributed by atoms with Crippen LogP contribution in [0.15, 0.2) is 79.0 Å². The third kappa shape index (κ3) is 3.80. The number of anilines is 2. The Hall–Kier alpha value is -4.19. The number of rotatable bonds is 6. The molecule has 0 saturated carbocycles. The molecule has 0 fully saturated rings. The van der Waals surface area contributed by atoms with Crippen molar-refractivity contribution in [3.05, 3.63) is 90.1 Å². The highest BCUT2D eigenvalue weighted by molar-refractivity contribution is 5.92. The molecule has 0 spiro atoms. The number of aromatic amines is 1. The van der Waals surface area contributed by atoms with E-state index in [0.717, 1.165) is 51.5 Å². The van der Waals surface area contributed by atoms with E-state index < -0.39 is 0 Å². The van der Waals surface area contributed by atoms with E-state index in [1.165, 1.54) is 10.9 Å². The molecule has 3 heterocycles. The molecule has 0 radical (unpaired) electrons. The third-order valence-electron chi connectivity index (χ3n) is 5.99. The van der Waals surface area contributed by atoms with Gasteiger partial charge in [0.2, 0.25) is 0 Å². The van der Waals surface area contributed by atoms with Gasteiger partial charge >= 0.3 is 0 Å². The summed E-state index contributed by atoms with van der Waals surface area (Å²) in [5.74, 6) is 2.45. The molecule has 6 rings (SSSR count). The Kier molecular flexibility index (Phi) is 4.96.